The van der Waals surface area contributed by atoms with E-state index in [4.69, 9.17) is 14.5 Å². The zero-order valence-corrected chi connectivity index (χ0v) is 20.4. The van der Waals surface area contributed by atoms with Crippen LogP contribution in [-0.4, -0.2) is 53.3 Å². The molecule has 164 valence electrons. The summed E-state index contributed by atoms with van der Waals surface area (Å²) in [6.45, 7) is 9.17. The molecule has 7 nitrogen and oxygen atoms in total. The van der Waals surface area contributed by atoms with E-state index in [0.29, 0.717) is 23.5 Å². The van der Waals surface area contributed by atoms with E-state index >= 15 is 0 Å². The minimum atomic E-state index is 0.0944. The number of hydrogen-bond acceptors (Lipinski definition) is 7. The quantitative estimate of drug-likeness (QED) is 0.601. The van der Waals surface area contributed by atoms with Gasteiger partial charge in [-0.3, -0.25) is 4.90 Å². The molecular formula is C22H32BrN5O2. The van der Waals surface area contributed by atoms with Gasteiger partial charge in [-0.2, -0.15) is 4.98 Å². The molecule has 0 atom stereocenters. The van der Waals surface area contributed by atoms with Crippen LogP contribution in [0.25, 0.3) is 0 Å². The molecule has 3 rings (SSSR count). The smallest absolute Gasteiger partial charge is 0.229 e. The fourth-order valence-corrected chi connectivity index (χ4v) is 4.51. The number of methoxy groups -OCH3 is 2. The van der Waals surface area contributed by atoms with Gasteiger partial charge in [0.25, 0.3) is 0 Å². The van der Waals surface area contributed by atoms with Crippen molar-refractivity contribution < 1.29 is 9.47 Å². The molecule has 0 spiro atoms. The number of hydrogen-bond donors (Lipinski definition) is 2. The van der Waals surface area contributed by atoms with E-state index in [1.165, 1.54) is 0 Å². The first kappa shape index (κ1) is 22.6. The van der Waals surface area contributed by atoms with Crippen molar-refractivity contribution >= 4 is 33.4 Å². The molecule has 0 bridgehead atoms. The molecule has 0 unspecified atom stereocenters. The fourth-order valence-electron chi connectivity index (χ4n) is 4.20. The highest BCUT2D eigenvalue weighted by atomic mass is 79.9. The van der Waals surface area contributed by atoms with Crippen LogP contribution in [0.3, 0.4) is 0 Å². The molecule has 8 heteroatoms. The van der Waals surface area contributed by atoms with E-state index in [0.717, 1.165) is 28.8 Å². The first-order valence-electron chi connectivity index (χ1n) is 10.1. The third kappa shape index (κ3) is 4.98. The normalized spacial score (nSPS) is 18.7. The fraction of sp³-hybridized carbons (Fsp3) is 0.545. The highest BCUT2D eigenvalue weighted by Gasteiger charge is 2.43. The lowest BCUT2D eigenvalue weighted by Crippen LogP contribution is -2.61. The molecule has 1 fully saturated rings. The lowest BCUT2D eigenvalue weighted by Gasteiger charge is -2.53. The highest BCUT2D eigenvalue weighted by molar-refractivity contribution is 9.10. The molecule has 2 heterocycles. The third-order valence-electron chi connectivity index (χ3n) is 6.00. The van der Waals surface area contributed by atoms with Crippen molar-refractivity contribution in [1.29, 1.82) is 0 Å². The van der Waals surface area contributed by atoms with Gasteiger partial charge in [-0.05, 0) is 63.5 Å². The number of halogens is 1. The van der Waals surface area contributed by atoms with E-state index in [9.17, 15) is 0 Å². The van der Waals surface area contributed by atoms with Gasteiger partial charge in [-0.25, -0.2) is 4.98 Å². The highest BCUT2D eigenvalue weighted by Crippen LogP contribution is 2.38. The number of ether oxygens (including phenoxy) is 2. The van der Waals surface area contributed by atoms with E-state index in [1.807, 2.05) is 18.2 Å². The Morgan fingerprint density at radius 2 is 1.60 bits per heavy atom. The average molecular weight is 478 g/mol. The molecule has 0 saturated carbocycles. The van der Waals surface area contributed by atoms with Crippen molar-refractivity contribution in [2.45, 2.75) is 57.7 Å². The van der Waals surface area contributed by atoms with Gasteiger partial charge in [-0.15, -0.1) is 0 Å². The molecule has 1 aromatic carbocycles. The van der Waals surface area contributed by atoms with E-state index in [-0.39, 0.29) is 11.1 Å². The Balaban J connectivity index is 1.81. The number of nitrogens with zero attached hydrogens (tertiary/aromatic N) is 3. The maximum atomic E-state index is 5.34. The third-order valence-corrected chi connectivity index (χ3v) is 6.58. The molecule has 1 aliphatic rings. The van der Waals surface area contributed by atoms with Crippen molar-refractivity contribution in [2.75, 3.05) is 31.9 Å². The summed E-state index contributed by atoms with van der Waals surface area (Å²) >= 11 is 3.59. The number of anilines is 3. The van der Waals surface area contributed by atoms with Crippen LogP contribution in [0, 0.1) is 0 Å². The van der Waals surface area contributed by atoms with E-state index < -0.39 is 0 Å². The van der Waals surface area contributed by atoms with Gasteiger partial charge in [0.05, 0.1) is 18.7 Å². The Hall–Kier alpha value is -2.06. The second-order valence-electron chi connectivity index (χ2n) is 9.05. The van der Waals surface area contributed by atoms with Crippen LogP contribution < -0.4 is 20.1 Å². The lowest BCUT2D eigenvalue weighted by molar-refractivity contribution is -0.00773. The average Bonchev–Trinajstić information content (AvgIpc) is 2.68. The first-order chi connectivity index (χ1) is 14.0. The molecule has 1 saturated heterocycles. The molecule has 2 aromatic rings. The summed E-state index contributed by atoms with van der Waals surface area (Å²) in [7, 11) is 5.46. The predicted molar refractivity (Wildman–Crippen MR) is 125 cm³/mol. The number of aromatic nitrogens is 2. The van der Waals surface area contributed by atoms with Gasteiger partial charge >= 0.3 is 0 Å². The van der Waals surface area contributed by atoms with Gasteiger partial charge in [0.1, 0.15) is 17.3 Å². The van der Waals surface area contributed by atoms with Crippen molar-refractivity contribution in [3.63, 3.8) is 0 Å². The summed E-state index contributed by atoms with van der Waals surface area (Å²) in [6, 6.07) is 5.89. The topological polar surface area (TPSA) is 71.5 Å². The molecule has 0 amide bonds. The van der Waals surface area contributed by atoms with Crippen molar-refractivity contribution in [1.82, 2.24) is 14.9 Å². The van der Waals surface area contributed by atoms with E-state index in [1.54, 1.807) is 20.4 Å². The number of piperidine rings is 1. The largest absolute Gasteiger partial charge is 0.497 e. The summed E-state index contributed by atoms with van der Waals surface area (Å²) in [5.41, 5.74) is 0.981. The lowest BCUT2D eigenvalue weighted by atomic mass is 9.77. The van der Waals surface area contributed by atoms with Crippen LogP contribution >= 0.6 is 15.9 Å². The number of likely N-dealkylation sites (tertiary alicyclic amines) is 1. The molecule has 2 N–H and O–H groups in total. The Bertz CT molecular complexity index is 863. The van der Waals surface area contributed by atoms with Gasteiger partial charge < -0.3 is 20.1 Å². The van der Waals surface area contributed by atoms with Crippen LogP contribution in [0.15, 0.2) is 28.9 Å². The second-order valence-corrected chi connectivity index (χ2v) is 9.90. The van der Waals surface area contributed by atoms with Crippen molar-refractivity contribution in [2.24, 2.45) is 0 Å². The van der Waals surface area contributed by atoms with Crippen molar-refractivity contribution in [3.05, 3.63) is 28.9 Å². The summed E-state index contributed by atoms with van der Waals surface area (Å²) in [6.07, 6.45) is 3.82. The first-order valence-corrected chi connectivity index (χ1v) is 10.9. The molecule has 0 aliphatic carbocycles. The molecule has 1 aliphatic heterocycles. The predicted octanol–water partition coefficient (Wildman–Crippen LogP) is 5.06. The minimum Gasteiger partial charge on any atom is -0.497 e. The molecule has 1 aromatic heterocycles. The van der Waals surface area contributed by atoms with Gasteiger partial charge in [-0.1, -0.05) is 0 Å². The Labute approximate surface area is 187 Å². The Kier molecular flexibility index (Phi) is 6.48. The SMILES string of the molecule is COc1cc(Nc2ncc(Br)c(NC3CC(C)(C)N(C)C(C)(C)C3)n2)cc(OC)c1. The number of nitrogens with one attached hydrogen (secondary N) is 2. The van der Waals surface area contributed by atoms with Gasteiger partial charge in [0.2, 0.25) is 5.95 Å². The van der Waals surface area contributed by atoms with E-state index in [2.05, 4.69) is 71.2 Å². The summed E-state index contributed by atoms with van der Waals surface area (Å²) < 4.78 is 11.5. The Morgan fingerprint density at radius 3 is 2.13 bits per heavy atom. The summed E-state index contributed by atoms with van der Waals surface area (Å²) in [4.78, 5) is 11.6. The molecule has 0 radical (unpaired) electrons. The Morgan fingerprint density at radius 1 is 1.03 bits per heavy atom. The maximum absolute atomic E-state index is 5.34. The number of rotatable bonds is 6. The molecular weight excluding hydrogens is 446 g/mol. The zero-order valence-electron chi connectivity index (χ0n) is 18.8. The maximum Gasteiger partial charge on any atom is 0.229 e. The summed E-state index contributed by atoms with van der Waals surface area (Å²) in [5.74, 6) is 2.68. The standard InChI is InChI=1S/C22H32BrN5O2/c1-21(2)11-15(12-22(3,4)28(21)5)25-19-18(23)13-24-20(27-19)26-14-8-16(29-6)10-17(9-14)30-7/h8-10,13,15H,11-12H2,1-7H3,(H2,24,25,26,27). The summed E-state index contributed by atoms with van der Waals surface area (Å²) in [5, 5.41) is 6.88. The van der Waals surface area contributed by atoms with Gasteiger partial charge in [0.15, 0.2) is 0 Å². The van der Waals surface area contributed by atoms with Crippen LogP contribution in [0.2, 0.25) is 0 Å². The van der Waals surface area contributed by atoms with Crippen LogP contribution in [-0.2, 0) is 0 Å². The van der Waals surface area contributed by atoms with Crippen molar-refractivity contribution in [3.8, 4) is 11.5 Å². The monoisotopic (exact) mass is 477 g/mol. The second kappa shape index (κ2) is 8.59. The minimum absolute atomic E-state index is 0.0944. The zero-order chi connectivity index (χ0) is 22.1. The van der Waals surface area contributed by atoms with Crippen LogP contribution in [0.4, 0.5) is 17.5 Å². The van der Waals surface area contributed by atoms with Crippen LogP contribution in [0.1, 0.15) is 40.5 Å². The van der Waals surface area contributed by atoms with Crippen LogP contribution in [0.5, 0.6) is 11.5 Å². The number of benzene rings is 1. The van der Waals surface area contributed by atoms with Gasteiger partial charge in [0, 0.05) is 47.2 Å². The molecule has 30 heavy (non-hydrogen) atoms.